The van der Waals surface area contributed by atoms with Crippen molar-refractivity contribution in [3.8, 4) is 5.75 Å². The number of anilines is 1. The van der Waals surface area contributed by atoms with Crippen LogP contribution in [0.3, 0.4) is 0 Å². The Morgan fingerprint density at radius 3 is 2.47 bits per heavy atom. The van der Waals surface area contributed by atoms with E-state index in [0.29, 0.717) is 31.0 Å². The largest absolute Gasteiger partial charge is 0.493 e. The van der Waals surface area contributed by atoms with Crippen LogP contribution < -0.4 is 10.1 Å². The van der Waals surface area contributed by atoms with Gasteiger partial charge in [-0.25, -0.2) is 4.79 Å². The van der Waals surface area contributed by atoms with Crippen molar-refractivity contribution in [2.75, 3.05) is 31.6 Å². The average molecular weight is 439 g/mol. The summed E-state index contributed by atoms with van der Waals surface area (Å²) in [6, 6.07) is 14.7. The van der Waals surface area contributed by atoms with Crippen LogP contribution >= 0.6 is 0 Å². The molecule has 0 unspecified atom stereocenters. The van der Waals surface area contributed by atoms with E-state index in [9.17, 15) is 14.4 Å². The lowest BCUT2D eigenvalue weighted by Gasteiger charge is -2.21. The molecule has 0 heterocycles. The highest BCUT2D eigenvalue weighted by molar-refractivity contribution is 5.95. The smallest absolute Gasteiger partial charge is 0.331 e. The normalized spacial score (nSPS) is 10.6. The van der Waals surface area contributed by atoms with E-state index in [0.717, 1.165) is 11.1 Å². The molecule has 2 aromatic rings. The third-order valence-electron chi connectivity index (χ3n) is 4.56. The minimum Gasteiger partial charge on any atom is -0.493 e. The van der Waals surface area contributed by atoms with Crippen molar-refractivity contribution in [3.63, 3.8) is 0 Å². The van der Waals surface area contributed by atoms with Crippen molar-refractivity contribution in [1.82, 2.24) is 4.90 Å². The molecule has 0 bridgehead atoms. The zero-order valence-electron chi connectivity index (χ0n) is 18.8. The fraction of sp³-hybridized carbons (Fsp3) is 0.320. The van der Waals surface area contributed by atoms with E-state index in [1.807, 2.05) is 63.2 Å². The van der Waals surface area contributed by atoms with Crippen LogP contribution in [-0.4, -0.2) is 49.0 Å². The Hall–Kier alpha value is -3.61. The first-order valence-corrected chi connectivity index (χ1v) is 10.6. The number of carbonyl (C=O) groups excluding carboxylic acids is 3. The fourth-order valence-electron chi connectivity index (χ4n) is 2.97. The van der Waals surface area contributed by atoms with Gasteiger partial charge in [0.05, 0.1) is 13.2 Å². The van der Waals surface area contributed by atoms with Crippen LogP contribution in [0.25, 0.3) is 6.08 Å². The van der Waals surface area contributed by atoms with Crippen LogP contribution in [0.1, 0.15) is 31.4 Å². The first kappa shape index (κ1) is 24.7. The van der Waals surface area contributed by atoms with Gasteiger partial charge in [0.15, 0.2) is 6.61 Å². The van der Waals surface area contributed by atoms with Gasteiger partial charge in [-0.1, -0.05) is 43.3 Å². The molecule has 0 saturated heterocycles. The number of nitrogens with zero attached hydrogens (tertiary/aromatic N) is 1. The molecule has 7 heteroatoms. The molecule has 0 atom stereocenters. The molecule has 1 N–H and O–H groups in total. The highest BCUT2D eigenvalue weighted by Crippen LogP contribution is 2.19. The number of ether oxygens (including phenoxy) is 2. The van der Waals surface area contributed by atoms with Crippen molar-refractivity contribution < 1.29 is 23.9 Å². The maximum Gasteiger partial charge on any atom is 0.331 e. The molecule has 2 amide bonds. The number of hydrogen-bond donors (Lipinski definition) is 1. The Balaban J connectivity index is 1.90. The Kier molecular flexibility index (Phi) is 9.97. The van der Waals surface area contributed by atoms with Gasteiger partial charge in [-0.3, -0.25) is 9.59 Å². The molecule has 2 aromatic carbocycles. The molecule has 0 aromatic heterocycles. The summed E-state index contributed by atoms with van der Waals surface area (Å²) in [5.74, 6) is -0.725. The summed E-state index contributed by atoms with van der Waals surface area (Å²) >= 11 is 0. The van der Waals surface area contributed by atoms with E-state index in [1.165, 1.54) is 11.0 Å². The van der Waals surface area contributed by atoms with Crippen LogP contribution in [0.2, 0.25) is 0 Å². The molecule has 0 saturated carbocycles. The molecular formula is C25H30N2O5. The molecule has 0 radical (unpaired) electrons. The summed E-state index contributed by atoms with van der Waals surface area (Å²) in [6.45, 7) is 6.02. The van der Waals surface area contributed by atoms with Gasteiger partial charge in [-0.05, 0) is 44.0 Å². The summed E-state index contributed by atoms with van der Waals surface area (Å²) in [7, 11) is 0. The Labute approximate surface area is 189 Å². The molecule has 7 nitrogen and oxygen atoms in total. The number of carbonyl (C=O) groups is 3. The topological polar surface area (TPSA) is 84.9 Å². The van der Waals surface area contributed by atoms with Crippen molar-refractivity contribution in [2.45, 2.75) is 27.2 Å². The van der Waals surface area contributed by atoms with Crippen LogP contribution in [-0.2, 0) is 19.1 Å². The minimum absolute atomic E-state index is 0.115. The number of amides is 2. The molecule has 170 valence electrons. The number of esters is 1. The third-order valence-corrected chi connectivity index (χ3v) is 4.56. The molecule has 0 fully saturated rings. The van der Waals surface area contributed by atoms with E-state index in [2.05, 4.69) is 5.32 Å². The number of aryl methyl sites for hydroxylation is 1. The van der Waals surface area contributed by atoms with Crippen LogP contribution in [0.4, 0.5) is 5.69 Å². The van der Waals surface area contributed by atoms with Gasteiger partial charge in [0.25, 0.3) is 5.91 Å². The number of para-hydroxylation sites is 2. The maximum atomic E-state index is 12.5. The zero-order valence-corrected chi connectivity index (χ0v) is 18.8. The van der Waals surface area contributed by atoms with Crippen molar-refractivity contribution in [1.29, 1.82) is 0 Å². The Morgan fingerprint density at radius 2 is 1.75 bits per heavy atom. The van der Waals surface area contributed by atoms with Gasteiger partial charge >= 0.3 is 5.97 Å². The zero-order chi connectivity index (χ0) is 23.3. The Bertz CT molecular complexity index is 955. The first-order chi connectivity index (χ1) is 15.4. The molecule has 0 aliphatic carbocycles. The highest BCUT2D eigenvalue weighted by atomic mass is 16.5. The number of benzene rings is 2. The predicted octanol–water partition coefficient (Wildman–Crippen LogP) is 3.83. The van der Waals surface area contributed by atoms with Gasteiger partial charge < -0.3 is 19.7 Å². The first-order valence-electron chi connectivity index (χ1n) is 10.6. The molecule has 32 heavy (non-hydrogen) atoms. The maximum absolute atomic E-state index is 12.5. The van der Waals surface area contributed by atoms with E-state index in [4.69, 9.17) is 9.47 Å². The number of rotatable bonds is 11. The van der Waals surface area contributed by atoms with Crippen LogP contribution in [0.15, 0.2) is 54.6 Å². The SMILES string of the molecule is CCCN(CC(=O)Nc1ccccc1C)C(=O)COC(=O)/C=C/c1ccccc1OCC. The summed E-state index contributed by atoms with van der Waals surface area (Å²) in [6.07, 6.45) is 3.50. The second-order valence-electron chi connectivity index (χ2n) is 7.09. The van der Waals surface area contributed by atoms with Gasteiger partial charge in [0, 0.05) is 23.9 Å². The van der Waals surface area contributed by atoms with E-state index < -0.39 is 18.5 Å². The van der Waals surface area contributed by atoms with Crippen molar-refractivity contribution in [3.05, 3.63) is 65.7 Å². The summed E-state index contributed by atoms with van der Waals surface area (Å²) in [4.78, 5) is 38.4. The molecule has 0 aliphatic rings. The molecular weight excluding hydrogens is 408 g/mol. The monoisotopic (exact) mass is 438 g/mol. The molecule has 0 aliphatic heterocycles. The number of nitrogens with one attached hydrogen (secondary N) is 1. The second kappa shape index (κ2) is 12.9. The second-order valence-corrected chi connectivity index (χ2v) is 7.09. The van der Waals surface area contributed by atoms with Crippen molar-refractivity contribution >= 4 is 29.5 Å². The predicted molar refractivity (Wildman–Crippen MR) is 124 cm³/mol. The molecule has 2 rings (SSSR count). The number of hydrogen-bond acceptors (Lipinski definition) is 5. The standard InChI is InChI=1S/C25H30N2O5/c1-4-16-27(17-23(28)26-21-12-8-6-10-19(21)3)24(29)18-32-25(30)15-14-20-11-7-9-13-22(20)31-5-2/h6-15H,4-5,16-18H2,1-3H3,(H,26,28)/b15-14+. The Morgan fingerprint density at radius 1 is 1.03 bits per heavy atom. The molecule has 0 spiro atoms. The van der Waals surface area contributed by atoms with E-state index >= 15 is 0 Å². The lowest BCUT2D eigenvalue weighted by atomic mass is 10.2. The van der Waals surface area contributed by atoms with Crippen molar-refractivity contribution in [2.24, 2.45) is 0 Å². The summed E-state index contributed by atoms with van der Waals surface area (Å²) < 4.78 is 10.6. The van der Waals surface area contributed by atoms with Crippen LogP contribution in [0, 0.1) is 6.92 Å². The fourth-order valence-corrected chi connectivity index (χ4v) is 2.97. The van der Waals surface area contributed by atoms with Gasteiger partial charge in [-0.15, -0.1) is 0 Å². The van der Waals surface area contributed by atoms with Crippen LogP contribution in [0.5, 0.6) is 5.75 Å². The minimum atomic E-state index is -0.648. The third kappa shape index (κ3) is 7.91. The summed E-state index contributed by atoms with van der Waals surface area (Å²) in [5, 5.41) is 2.81. The lowest BCUT2D eigenvalue weighted by molar-refractivity contribution is -0.148. The van der Waals surface area contributed by atoms with E-state index in [1.54, 1.807) is 12.1 Å². The van der Waals surface area contributed by atoms with Gasteiger partial charge in [-0.2, -0.15) is 0 Å². The summed E-state index contributed by atoms with van der Waals surface area (Å²) in [5.41, 5.74) is 2.37. The highest BCUT2D eigenvalue weighted by Gasteiger charge is 2.18. The van der Waals surface area contributed by atoms with Gasteiger partial charge in [0.2, 0.25) is 5.91 Å². The lowest BCUT2D eigenvalue weighted by Crippen LogP contribution is -2.40. The average Bonchev–Trinajstić information content (AvgIpc) is 2.78. The quantitative estimate of drug-likeness (QED) is 0.426. The van der Waals surface area contributed by atoms with Gasteiger partial charge in [0.1, 0.15) is 5.75 Å². The van der Waals surface area contributed by atoms with E-state index in [-0.39, 0.29) is 12.5 Å².